The monoisotopic (exact) mass is 326 g/mol. The third-order valence-electron chi connectivity index (χ3n) is 4.85. The van der Waals surface area contributed by atoms with Crippen molar-refractivity contribution in [1.29, 1.82) is 0 Å². The van der Waals surface area contributed by atoms with Gasteiger partial charge in [0.25, 0.3) is 0 Å². The number of aliphatic hydroxyl groups excluding tert-OH is 1. The molecule has 2 aromatic rings. The molecule has 126 valence electrons. The van der Waals surface area contributed by atoms with Crippen molar-refractivity contribution in [1.82, 2.24) is 4.98 Å². The van der Waals surface area contributed by atoms with Gasteiger partial charge in [-0.1, -0.05) is 12.5 Å². The van der Waals surface area contributed by atoms with Crippen LogP contribution in [-0.2, 0) is 4.79 Å². The summed E-state index contributed by atoms with van der Waals surface area (Å²) in [5.74, 6) is 1.58. The Morgan fingerprint density at radius 3 is 2.75 bits per heavy atom. The fourth-order valence-electron chi connectivity index (χ4n) is 3.22. The summed E-state index contributed by atoms with van der Waals surface area (Å²) in [5.41, 5.74) is 0. The number of fused-ring (bicyclic) bond motifs is 1. The molecule has 0 bridgehead atoms. The number of hydrogen-bond acceptors (Lipinski definition) is 4. The van der Waals surface area contributed by atoms with Gasteiger partial charge in [0.2, 0.25) is 5.91 Å². The molecule has 2 atom stereocenters. The van der Waals surface area contributed by atoms with E-state index in [-0.39, 0.29) is 24.0 Å². The quantitative estimate of drug-likeness (QED) is 0.904. The van der Waals surface area contributed by atoms with Crippen LogP contribution < -0.4 is 10.1 Å². The molecule has 2 N–H and O–H groups in total. The van der Waals surface area contributed by atoms with Crippen molar-refractivity contribution in [3.8, 4) is 5.75 Å². The van der Waals surface area contributed by atoms with E-state index in [0.717, 1.165) is 55.0 Å². The number of aliphatic hydroxyl groups is 1. The van der Waals surface area contributed by atoms with Gasteiger partial charge in [-0.05, 0) is 55.7 Å². The number of aromatic nitrogens is 1. The highest BCUT2D eigenvalue weighted by Crippen LogP contribution is 2.31. The maximum atomic E-state index is 11.8. The fraction of sp³-hybridized carbons (Fsp3) is 0.474. The highest BCUT2D eigenvalue weighted by Gasteiger charge is 2.29. The highest BCUT2D eigenvalue weighted by molar-refractivity contribution is 5.95. The Kier molecular flexibility index (Phi) is 4.10. The van der Waals surface area contributed by atoms with Crippen LogP contribution in [-0.4, -0.2) is 28.2 Å². The van der Waals surface area contributed by atoms with E-state index in [1.54, 1.807) is 6.20 Å². The van der Waals surface area contributed by atoms with Crippen LogP contribution in [0.5, 0.6) is 5.75 Å². The average molecular weight is 326 g/mol. The Morgan fingerprint density at radius 1 is 1.12 bits per heavy atom. The maximum absolute atomic E-state index is 11.8. The van der Waals surface area contributed by atoms with Gasteiger partial charge in [0.15, 0.2) is 0 Å². The summed E-state index contributed by atoms with van der Waals surface area (Å²) < 4.78 is 5.96. The Morgan fingerprint density at radius 2 is 1.96 bits per heavy atom. The van der Waals surface area contributed by atoms with Crippen LogP contribution in [0.3, 0.4) is 0 Å². The van der Waals surface area contributed by atoms with Gasteiger partial charge in [0.1, 0.15) is 17.7 Å². The molecule has 24 heavy (non-hydrogen) atoms. The van der Waals surface area contributed by atoms with Crippen molar-refractivity contribution in [2.75, 3.05) is 5.32 Å². The highest BCUT2D eigenvalue weighted by atomic mass is 16.5. The molecule has 2 aliphatic rings. The number of pyridine rings is 1. The third-order valence-corrected chi connectivity index (χ3v) is 4.85. The van der Waals surface area contributed by atoms with Gasteiger partial charge in [-0.2, -0.15) is 0 Å². The van der Waals surface area contributed by atoms with E-state index in [0.29, 0.717) is 5.82 Å². The molecule has 5 heteroatoms. The first kappa shape index (κ1) is 15.4. The van der Waals surface area contributed by atoms with Crippen LogP contribution in [0.1, 0.15) is 38.5 Å². The largest absolute Gasteiger partial charge is 0.488 e. The fourth-order valence-corrected chi connectivity index (χ4v) is 3.22. The number of carbonyl (C=O) groups is 1. The van der Waals surface area contributed by atoms with Gasteiger partial charge in [-0.3, -0.25) is 4.79 Å². The summed E-state index contributed by atoms with van der Waals surface area (Å²) in [6.45, 7) is 0. The number of rotatable bonds is 4. The maximum Gasteiger partial charge on any atom is 0.228 e. The number of amides is 1. The Labute approximate surface area is 141 Å². The molecule has 1 amide bonds. The first-order valence-electron chi connectivity index (χ1n) is 8.74. The van der Waals surface area contributed by atoms with Gasteiger partial charge in [0, 0.05) is 17.5 Å². The van der Waals surface area contributed by atoms with Crippen LogP contribution in [0, 0.1) is 5.92 Å². The molecule has 5 nitrogen and oxygen atoms in total. The number of carbonyl (C=O) groups excluding carboxylic acids is 1. The summed E-state index contributed by atoms with van der Waals surface area (Å²) >= 11 is 0. The topological polar surface area (TPSA) is 71.5 Å². The number of nitrogens with one attached hydrogen (secondary N) is 1. The minimum absolute atomic E-state index is 0.0630. The second kappa shape index (κ2) is 6.40. The van der Waals surface area contributed by atoms with Crippen LogP contribution in [0.25, 0.3) is 10.8 Å². The normalized spacial score (nSPS) is 23.9. The second-order valence-electron chi connectivity index (χ2n) is 6.85. The van der Waals surface area contributed by atoms with Gasteiger partial charge in [0.05, 0.1) is 6.10 Å². The summed E-state index contributed by atoms with van der Waals surface area (Å²) in [4.78, 5) is 16.1. The predicted molar refractivity (Wildman–Crippen MR) is 92.0 cm³/mol. The van der Waals surface area contributed by atoms with Crippen molar-refractivity contribution in [3.63, 3.8) is 0 Å². The molecule has 1 aromatic heterocycles. The molecule has 0 spiro atoms. The SMILES string of the molecule is O=C(Nc1cc2ccc(O[C@H]3CCCC[C@@H]3O)cc2cn1)C1CC1. The zero-order chi connectivity index (χ0) is 16.5. The smallest absolute Gasteiger partial charge is 0.228 e. The number of benzene rings is 1. The summed E-state index contributed by atoms with van der Waals surface area (Å²) in [6, 6.07) is 7.70. The zero-order valence-corrected chi connectivity index (χ0v) is 13.6. The van der Waals surface area contributed by atoms with E-state index in [4.69, 9.17) is 4.74 Å². The minimum atomic E-state index is -0.382. The van der Waals surface area contributed by atoms with Crippen molar-refractivity contribution >= 4 is 22.5 Å². The van der Waals surface area contributed by atoms with E-state index in [1.165, 1.54) is 0 Å². The number of hydrogen-bond donors (Lipinski definition) is 2. The summed E-state index contributed by atoms with van der Waals surface area (Å²) in [5, 5.41) is 14.9. The molecule has 2 saturated carbocycles. The second-order valence-corrected chi connectivity index (χ2v) is 6.85. The molecule has 1 aromatic carbocycles. The molecule has 0 unspecified atom stereocenters. The third kappa shape index (κ3) is 3.36. The van der Waals surface area contributed by atoms with E-state index in [9.17, 15) is 9.90 Å². The molecule has 0 radical (unpaired) electrons. The van der Waals surface area contributed by atoms with Crippen molar-refractivity contribution < 1.29 is 14.6 Å². The van der Waals surface area contributed by atoms with E-state index < -0.39 is 0 Å². The number of nitrogens with zero attached hydrogens (tertiary/aromatic N) is 1. The molecule has 1 heterocycles. The van der Waals surface area contributed by atoms with Crippen LogP contribution >= 0.6 is 0 Å². The van der Waals surface area contributed by atoms with Crippen LogP contribution in [0.15, 0.2) is 30.5 Å². The Hall–Kier alpha value is -2.14. The van der Waals surface area contributed by atoms with Gasteiger partial charge in [-0.15, -0.1) is 0 Å². The molecular weight excluding hydrogens is 304 g/mol. The lowest BCUT2D eigenvalue weighted by Crippen LogP contribution is -2.34. The van der Waals surface area contributed by atoms with E-state index >= 15 is 0 Å². The molecule has 0 saturated heterocycles. The Bertz CT molecular complexity index is 757. The van der Waals surface area contributed by atoms with Gasteiger partial charge in [-0.25, -0.2) is 4.98 Å². The van der Waals surface area contributed by atoms with Gasteiger partial charge >= 0.3 is 0 Å². The standard InChI is InChI=1S/C19H22N2O3/c22-16-3-1-2-4-17(16)24-15-8-7-13-10-18(20-11-14(13)9-15)21-19(23)12-5-6-12/h7-12,16-17,22H,1-6H2,(H,20,21,23)/t16-,17-/m0/s1. The molecular formula is C19H22N2O3. The minimum Gasteiger partial charge on any atom is -0.488 e. The van der Waals surface area contributed by atoms with E-state index in [1.807, 2.05) is 24.3 Å². The first-order valence-corrected chi connectivity index (χ1v) is 8.74. The molecule has 2 aliphatic carbocycles. The Balaban J connectivity index is 1.49. The lowest BCUT2D eigenvalue weighted by molar-refractivity contribution is -0.117. The zero-order valence-electron chi connectivity index (χ0n) is 13.6. The predicted octanol–water partition coefficient (Wildman–Crippen LogP) is 3.27. The molecule has 4 rings (SSSR count). The summed E-state index contributed by atoms with van der Waals surface area (Å²) in [6.07, 6.45) is 7.07. The van der Waals surface area contributed by atoms with Crippen LogP contribution in [0.2, 0.25) is 0 Å². The molecule has 2 fully saturated rings. The van der Waals surface area contributed by atoms with Crippen molar-refractivity contribution in [2.45, 2.75) is 50.7 Å². The van der Waals surface area contributed by atoms with Crippen molar-refractivity contribution in [2.24, 2.45) is 5.92 Å². The molecule has 0 aliphatic heterocycles. The number of anilines is 1. The van der Waals surface area contributed by atoms with Crippen LogP contribution in [0.4, 0.5) is 5.82 Å². The average Bonchev–Trinajstić information content (AvgIpc) is 3.42. The summed E-state index contributed by atoms with van der Waals surface area (Å²) in [7, 11) is 0. The number of ether oxygens (including phenoxy) is 1. The lowest BCUT2D eigenvalue weighted by Gasteiger charge is -2.28. The lowest BCUT2D eigenvalue weighted by atomic mass is 9.95. The van der Waals surface area contributed by atoms with Crippen molar-refractivity contribution in [3.05, 3.63) is 30.5 Å². The first-order chi connectivity index (χ1) is 11.7. The van der Waals surface area contributed by atoms with Gasteiger partial charge < -0.3 is 15.2 Å². The van der Waals surface area contributed by atoms with E-state index in [2.05, 4.69) is 10.3 Å².